The fourth-order valence-corrected chi connectivity index (χ4v) is 2.83. The highest BCUT2D eigenvalue weighted by Crippen LogP contribution is 2.23. The first-order valence-corrected chi connectivity index (χ1v) is 8.76. The van der Waals surface area contributed by atoms with E-state index in [9.17, 15) is 4.79 Å². The Labute approximate surface area is 156 Å². The van der Waals surface area contributed by atoms with E-state index in [-0.39, 0.29) is 23.5 Å². The highest BCUT2D eigenvalue weighted by Gasteiger charge is 2.16. The normalized spacial score (nSPS) is 14.9. The number of halogens is 1. The monoisotopic (exact) mass is 376 g/mol. The van der Waals surface area contributed by atoms with E-state index in [1.807, 2.05) is 24.3 Å². The van der Waals surface area contributed by atoms with Gasteiger partial charge >= 0.3 is 0 Å². The van der Waals surface area contributed by atoms with E-state index >= 15 is 0 Å². The van der Waals surface area contributed by atoms with Gasteiger partial charge in [-0.3, -0.25) is 4.79 Å². The zero-order chi connectivity index (χ0) is 18.5. The summed E-state index contributed by atoms with van der Waals surface area (Å²) in [5, 5.41) is 3.07. The number of carbonyl (C=O) groups excluding carboxylic acids is 1. The van der Waals surface area contributed by atoms with Gasteiger partial charge in [0.25, 0.3) is 5.91 Å². The maximum absolute atomic E-state index is 11.6. The van der Waals surface area contributed by atoms with Crippen LogP contribution in [0.25, 0.3) is 0 Å². The largest absolute Gasteiger partial charge is 0.460 e. The number of aromatic nitrogens is 2. The Morgan fingerprint density at radius 3 is 2.58 bits per heavy atom. The second-order valence-corrected chi connectivity index (χ2v) is 6.20. The molecule has 0 spiro atoms. The van der Waals surface area contributed by atoms with Crippen molar-refractivity contribution >= 4 is 34.7 Å². The van der Waals surface area contributed by atoms with E-state index in [2.05, 4.69) is 32.1 Å². The van der Waals surface area contributed by atoms with Gasteiger partial charge in [0.1, 0.15) is 0 Å². The van der Waals surface area contributed by atoms with Crippen molar-refractivity contribution in [3.63, 3.8) is 0 Å². The summed E-state index contributed by atoms with van der Waals surface area (Å²) in [6.07, 6.45) is 1.31. The van der Waals surface area contributed by atoms with Crippen LogP contribution in [0.5, 0.6) is 5.88 Å². The van der Waals surface area contributed by atoms with Crippen LogP contribution in [0, 0.1) is 0 Å². The minimum absolute atomic E-state index is 0.0371. The van der Waals surface area contributed by atoms with E-state index in [0.29, 0.717) is 0 Å². The molecular formula is C17H21ClN6O2. The second kappa shape index (κ2) is 8.20. The molecule has 1 aromatic carbocycles. The molecule has 0 saturated carbocycles. The number of anilines is 3. The summed E-state index contributed by atoms with van der Waals surface area (Å²) < 4.78 is 5.12. The summed E-state index contributed by atoms with van der Waals surface area (Å²) in [4.78, 5) is 24.4. The lowest BCUT2D eigenvalue weighted by Crippen LogP contribution is -2.44. The van der Waals surface area contributed by atoms with Crippen LogP contribution in [0.15, 0.2) is 30.5 Å². The molecule has 0 atom stereocenters. The van der Waals surface area contributed by atoms with Gasteiger partial charge < -0.3 is 25.6 Å². The molecule has 0 unspecified atom stereocenters. The van der Waals surface area contributed by atoms with Gasteiger partial charge in [-0.05, 0) is 31.3 Å². The number of rotatable bonds is 6. The third-order valence-electron chi connectivity index (χ3n) is 4.18. The summed E-state index contributed by atoms with van der Waals surface area (Å²) in [5.41, 5.74) is 7.33. The predicted octanol–water partition coefficient (Wildman–Crippen LogP) is 1.65. The van der Waals surface area contributed by atoms with Gasteiger partial charge in [-0.15, -0.1) is 0 Å². The number of likely N-dealkylation sites (N-methyl/N-ethyl adjacent to an activating group) is 1. The van der Waals surface area contributed by atoms with Crippen LogP contribution in [0.2, 0.25) is 0 Å². The van der Waals surface area contributed by atoms with Crippen LogP contribution >= 0.6 is 11.6 Å². The first-order valence-electron chi connectivity index (χ1n) is 8.23. The lowest BCUT2D eigenvalue weighted by molar-refractivity contribution is 0.0996. The first kappa shape index (κ1) is 18.2. The van der Waals surface area contributed by atoms with Crippen LogP contribution < -0.4 is 20.7 Å². The Morgan fingerprint density at radius 2 is 1.96 bits per heavy atom. The molecule has 1 fully saturated rings. The summed E-state index contributed by atoms with van der Waals surface area (Å²) in [7, 11) is 2.13. The molecule has 8 nitrogen and oxygen atoms in total. The summed E-state index contributed by atoms with van der Waals surface area (Å²) in [6.45, 7) is 4.09. The molecule has 1 aliphatic rings. The molecule has 1 amide bonds. The van der Waals surface area contributed by atoms with Crippen molar-refractivity contribution in [1.29, 1.82) is 0 Å². The van der Waals surface area contributed by atoms with Gasteiger partial charge in [0.05, 0.1) is 6.20 Å². The molecule has 26 heavy (non-hydrogen) atoms. The lowest BCUT2D eigenvalue weighted by Gasteiger charge is -2.34. The van der Waals surface area contributed by atoms with Crippen LogP contribution in [0.4, 0.5) is 17.2 Å². The number of hydrogen-bond acceptors (Lipinski definition) is 7. The lowest BCUT2D eigenvalue weighted by atomic mass is 10.2. The predicted molar refractivity (Wildman–Crippen MR) is 101 cm³/mol. The van der Waals surface area contributed by atoms with E-state index in [1.165, 1.54) is 6.20 Å². The Hall–Kier alpha value is -2.58. The average Bonchev–Trinajstić information content (AvgIpc) is 2.63. The van der Waals surface area contributed by atoms with Crippen LogP contribution in [0.1, 0.15) is 10.5 Å². The van der Waals surface area contributed by atoms with Crippen molar-refractivity contribution < 1.29 is 9.53 Å². The Balaban J connectivity index is 1.76. The summed E-state index contributed by atoms with van der Waals surface area (Å²) >= 11 is 5.54. The number of alkyl halides is 1. The fourth-order valence-electron chi connectivity index (χ4n) is 2.72. The molecule has 1 aromatic heterocycles. The van der Waals surface area contributed by atoms with Gasteiger partial charge in [-0.2, -0.15) is 4.98 Å². The second-order valence-electron chi connectivity index (χ2n) is 5.99. The number of carbonyl (C=O) groups is 1. The number of piperazine rings is 1. The highest BCUT2D eigenvalue weighted by atomic mass is 35.5. The smallest absolute Gasteiger partial charge is 0.271 e. The van der Waals surface area contributed by atoms with Gasteiger partial charge in [-0.25, -0.2) is 4.98 Å². The fraction of sp³-hybridized carbons (Fsp3) is 0.353. The van der Waals surface area contributed by atoms with Crippen molar-refractivity contribution in [1.82, 2.24) is 14.9 Å². The molecule has 3 N–H and O–H groups in total. The average molecular weight is 377 g/mol. The number of benzene rings is 1. The zero-order valence-corrected chi connectivity index (χ0v) is 15.2. The molecule has 9 heteroatoms. The highest BCUT2D eigenvalue weighted by molar-refractivity contribution is 6.17. The van der Waals surface area contributed by atoms with Crippen LogP contribution in [-0.2, 0) is 0 Å². The number of hydrogen-bond donors (Lipinski definition) is 2. The maximum atomic E-state index is 11.6. The minimum atomic E-state index is -0.675. The van der Waals surface area contributed by atoms with Gasteiger partial charge in [-0.1, -0.05) is 11.6 Å². The Morgan fingerprint density at radius 1 is 1.27 bits per heavy atom. The SMILES string of the molecule is CN1CCN(c2ccc(Nc3nc(OCCl)cnc3C(N)=O)cc2)CC1. The zero-order valence-electron chi connectivity index (χ0n) is 14.5. The number of nitrogens with one attached hydrogen (secondary N) is 1. The van der Waals surface area contributed by atoms with Crippen molar-refractivity contribution in [3.05, 3.63) is 36.2 Å². The molecule has 1 aliphatic heterocycles. The van der Waals surface area contributed by atoms with Gasteiger partial charge in [0.15, 0.2) is 17.6 Å². The molecule has 0 bridgehead atoms. The number of ether oxygens (including phenoxy) is 1. The number of nitrogens with two attached hydrogens (primary N) is 1. The quantitative estimate of drug-likeness (QED) is 0.740. The minimum Gasteiger partial charge on any atom is -0.460 e. The maximum Gasteiger partial charge on any atom is 0.271 e. The molecule has 138 valence electrons. The van der Waals surface area contributed by atoms with Crippen molar-refractivity contribution in [2.45, 2.75) is 0 Å². The van der Waals surface area contributed by atoms with Gasteiger partial charge in [0.2, 0.25) is 5.88 Å². The van der Waals surface area contributed by atoms with Crippen molar-refractivity contribution in [2.24, 2.45) is 5.73 Å². The van der Waals surface area contributed by atoms with E-state index < -0.39 is 5.91 Å². The number of primary amides is 1. The van der Waals surface area contributed by atoms with Gasteiger partial charge in [0, 0.05) is 37.6 Å². The van der Waals surface area contributed by atoms with Crippen LogP contribution in [0.3, 0.4) is 0 Å². The molecule has 3 rings (SSSR count). The molecule has 2 aromatic rings. The Kier molecular flexibility index (Phi) is 5.75. The third kappa shape index (κ3) is 4.33. The number of amides is 1. The number of nitrogens with zero attached hydrogens (tertiary/aromatic N) is 4. The van der Waals surface area contributed by atoms with Crippen molar-refractivity contribution in [3.8, 4) is 5.88 Å². The van der Waals surface area contributed by atoms with E-state index in [1.54, 1.807) is 0 Å². The van der Waals surface area contributed by atoms with Crippen molar-refractivity contribution in [2.75, 3.05) is 49.5 Å². The molecular weight excluding hydrogens is 356 g/mol. The standard InChI is InChI=1S/C17H21ClN6O2/c1-23-6-8-24(9-7-23)13-4-2-12(3-5-13)21-17-15(16(19)25)20-10-14(22-17)26-11-18/h2-5,10H,6-9,11H2,1H3,(H2,19,25)(H,21,22). The molecule has 0 radical (unpaired) electrons. The summed E-state index contributed by atoms with van der Waals surface area (Å²) in [5.74, 6) is -0.236. The topological polar surface area (TPSA) is 96.6 Å². The van der Waals surface area contributed by atoms with E-state index in [4.69, 9.17) is 22.1 Å². The summed E-state index contributed by atoms with van der Waals surface area (Å²) in [6, 6.07) is 7.85. The van der Waals surface area contributed by atoms with Crippen LogP contribution in [-0.4, -0.2) is 60.1 Å². The first-order chi connectivity index (χ1) is 12.6. The Bertz CT molecular complexity index is 762. The third-order valence-corrected chi connectivity index (χ3v) is 4.29. The van der Waals surface area contributed by atoms with E-state index in [0.717, 1.165) is 37.6 Å². The molecule has 0 aliphatic carbocycles. The molecule has 2 heterocycles. The molecule has 1 saturated heterocycles.